The van der Waals surface area contributed by atoms with Crippen molar-refractivity contribution in [1.82, 2.24) is 0 Å². The van der Waals surface area contributed by atoms with Crippen LogP contribution >= 0.6 is 0 Å². The van der Waals surface area contributed by atoms with Gasteiger partial charge < -0.3 is 4.90 Å². The number of nitrogens with zero attached hydrogens (tertiary/aromatic N) is 1. The van der Waals surface area contributed by atoms with Crippen LogP contribution in [-0.4, -0.2) is 5.91 Å². The second kappa shape index (κ2) is 6.86. The molecule has 3 rings (SSSR count). The number of carbonyl (C=O) groups is 1. The Morgan fingerprint density at radius 3 is 2.61 bits per heavy atom. The molecule has 1 aliphatic heterocycles. The third-order valence-electron chi connectivity index (χ3n) is 3.89. The van der Waals surface area contributed by atoms with E-state index in [1.54, 1.807) is 0 Å². The zero-order valence-electron chi connectivity index (χ0n) is 12.9. The molecule has 0 unspecified atom stereocenters. The normalized spacial score (nSPS) is 11.9. The maximum atomic E-state index is 12.7. The largest absolute Gasteiger partial charge is 0.307 e. The van der Waals surface area contributed by atoms with Gasteiger partial charge in [0.15, 0.2) is 0 Å². The molecule has 0 aliphatic carbocycles. The van der Waals surface area contributed by atoms with E-state index in [-0.39, 0.29) is 5.91 Å². The molecular weight excluding hydrogens is 282 g/mol. The minimum absolute atomic E-state index is 0.0891. The predicted octanol–water partition coefficient (Wildman–Crippen LogP) is 3.74. The number of fused-ring (bicyclic) bond motifs is 2. The standard InChI is InChI=1S/C21H17NO/c1-2-3-4-13-21(23)22-16-19-11-6-5-9-17(19)14-15-18-10-7-8-12-20(18)22/h1,5-12H,3-4,13,16H2. The van der Waals surface area contributed by atoms with E-state index in [1.807, 2.05) is 53.4 Å². The topological polar surface area (TPSA) is 20.3 Å². The summed E-state index contributed by atoms with van der Waals surface area (Å²) in [5, 5.41) is 0. The molecule has 2 aromatic rings. The smallest absolute Gasteiger partial charge is 0.227 e. The Labute approximate surface area is 137 Å². The summed E-state index contributed by atoms with van der Waals surface area (Å²) in [6.07, 6.45) is 7.07. The monoisotopic (exact) mass is 299 g/mol. The third kappa shape index (κ3) is 3.28. The van der Waals surface area contributed by atoms with Crippen molar-refractivity contribution in [2.24, 2.45) is 0 Å². The molecule has 0 fully saturated rings. The van der Waals surface area contributed by atoms with Gasteiger partial charge in [0, 0.05) is 24.0 Å². The summed E-state index contributed by atoms with van der Waals surface area (Å²) in [5.41, 5.74) is 3.80. The van der Waals surface area contributed by atoms with Crippen molar-refractivity contribution in [1.29, 1.82) is 0 Å². The van der Waals surface area contributed by atoms with Gasteiger partial charge in [-0.15, -0.1) is 12.3 Å². The number of carbonyl (C=O) groups excluding carboxylic acids is 1. The molecule has 0 atom stereocenters. The molecule has 112 valence electrons. The van der Waals surface area contributed by atoms with Gasteiger partial charge in [-0.25, -0.2) is 0 Å². The van der Waals surface area contributed by atoms with Gasteiger partial charge in [-0.3, -0.25) is 4.79 Å². The van der Waals surface area contributed by atoms with Crippen molar-refractivity contribution in [2.45, 2.75) is 25.8 Å². The number of amides is 1. The number of hydrogen-bond acceptors (Lipinski definition) is 1. The molecule has 0 radical (unpaired) electrons. The van der Waals surface area contributed by atoms with Crippen molar-refractivity contribution in [3.63, 3.8) is 0 Å². The van der Waals surface area contributed by atoms with E-state index < -0.39 is 0 Å². The van der Waals surface area contributed by atoms with Gasteiger partial charge in [-0.1, -0.05) is 42.2 Å². The number of para-hydroxylation sites is 1. The van der Waals surface area contributed by atoms with E-state index in [2.05, 4.69) is 17.8 Å². The van der Waals surface area contributed by atoms with E-state index in [4.69, 9.17) is 6.42 Å². The van der Waals surface area contributed by atoms with Crippen LogP contribution in [0.4, 0.5) is 5.69 Å². The van der Waals surface area contributed by atoms with Gasteiger partial charge >= 0.3 is 0 Å². The van der Waals surface area contributed by atoms with Gasteiger partial charge in [0.25, 0.3) is 0 Å². The highest BCUT2D eigenvalue weighted by molar-refractivity contribution is 5.95. The Balaban J connectivity index is 2.01. The third-order valence-corrected chi connectivity index (χ3v) is 3.89. The Bertz CT molecular complexity index is 833. The lowest BCUT2D eigenvalue weighted by Crippen LogP contribution is -2.31. The Morgan fingerprint density at radius 2 is 1.78 bits per heavy atom. The Hall–Kier alpha value is -2.97. The number of hydrogen-bond donors (Lipinski definition) is 0. The molecule has 0 spiro atoms. The minimum Gasteiger partial charge on any atom is -0.307 e. The molecule has 0 aromatic heterocycles. The highest BCUT2D eigenvalue weighted by Gasteiger charge is 2.20. The van der Waals surface area contributed by atoms with Crippen LogP contribution in [0, 0.1) is 24.2 Å². The first-order valence-corrected chi connectivity index (χ1v) is 7.72. The summed E-state index contributed by atoms with van der Waals surface area (Å²) in [7, 11) is 0. The van der Waals surface area contributed by atoms with Crippen molar-refractivity contribution in [2.75, 3.05) is 4.90 Å². The second-order valence-corrected chi connectivity index (χ2v) is 5.46. The lowest BCUT2D eigenvalue weighted by Gasteiger charge is -2.26. The quantitative estimate of drug-likeness (QED) is 0.624. The average molecular weight is 299 g/mol. The summed E-state index contributed by atoms with van der Waals surface area (Å²) >= 11 is 0. The number of anilines is 1. The molecule has 1 heterocycles. The van der Waals surface area contributed by atoms with Gasteiger partial charge in [-0.2, -0.15) is 0 Å². The molecule has 0 saturated heterocycles. The first-order valence-electron chi connectivity index (χ1n) is 7.72. The van der Waals surface area contributed by atoms with Crippen LogP contribution in [0.3, 0.4) is 0 Å². The van der Waals surface area contributed by atoms with Crippen LogP contribution in [0.2, 0.25) is 0 Å². The van der Waals surface area contributed by atoms with Crippen LogP contribution in [0.15, 0.2) is 48.5 Å². The molecule has 2 aromatic carbocycles. The number of benzene rings is 2. The lowest BCUT2D eigenvalue weighted by molar-refractivity contribution is -0.118. The Morgan fingerprint density at radius 1 is 1.09 bits per heavy atom. The number of rotatable bonds is 3. The van der Waals surface area contributed by atoms with Gasteiger partial charge in [-0.05, 0) is 30.2 Å². The molecule has 23 heavy (non-hydrogen) atoms. The van der Waals surface area contributed by atoms with Crippen LogP contribution in [0.1, 0.15) is 36.0 Å². The zero-order chi connectivity index (χ0) is 16.1. The van der Waals surface area contributed by atoms with Crippen LogP contribution in [0.5, 0.6) is 0 Å². The summed E-state index contributed by atoms with van der Waals surface area (Å²) in [6.45, 7) is 0.538. The van der Waals surface area contributed by atoms with Crippen molar-refractivity contribution >= 4 is 11.6 Å². The summed E-state index contributed by atoms with van der Waals surface area (Å²) in [4.78, 5) is 14.6. The van der Waals surface area contributed by atoms with Crippen molar-refractivity contribution < 1.29 is 4.79 Å². The number of terminal acetylenes is 1. The first kappa shape index (κ1) is 14.9. The lowest BCUT2D eigenvalue weighted by atomic mass is 10.0. The zero-order valence-corrected chi connectivity index (χ0v) is 12.9. The molecular formula is C21H17NO. The van der Waals surface area contributed by atoms with E-state index in [9.17, 15) is 4.79 Å². The molecule has 0 N–H and O–H groups in total. The van der Waals surface area contributed by atoms with Crippen LogP contribution in [-0.2, 0) is 11.3 Å². The molecule has 2 nitrogen and oxygen atoms in total. The fourth-order valence-electron chi connectivity index (χ4n) is 2.68. The highest BCUT2D eigenvalue weighted by atomic mass is 16.2. The highest BCUT2D eigenvalue weighted by Crippen LogP contribution is 2.26. The Kier molecular flexibility index (Phi) is 4.46. The maximum absolute atomic E-state index is 12.7. The van der Waals surface area contributed by atoms with E-state index in [1.165, 1.54) is 0 Å². The fourth-order valence-corrected chi connectivity index (χ4v) is 2.68. The first-order chi connectivity index (χ1) is 11.3. The van der Waals surface area contributed by atoms with E-state index in [0.29, 0.717) is 25.8 Å². The van der Waals surface area contributed by atoms with Crippen molar-refractivity contribution in [3.05, 3.63) is 65.2 Å². The second-order valence-electron chi connectivity index (χ2n) is 5.46. The molecule has 0 saturated carbocycles. The summed E-state index contributed by atoms with van der Waals surface area (Å²) in [6, 6.07) is 15.8. The van der Waals surface area contributed by atoms with Crippen LogP contribution in [0.25, 0.3) is 0 Å². The van der Waals surface area contributed by atoms with Crippen LogP contribution < -0.4 is 4.90 Å². The maximum Gasteiger partial charge on any atom is 0.227 e. The van der Waals surface area contributed by atoms with Gasteiger partial charge in [0.1, 0.15) is 0 Å². The molecule has 0 bridgehead atoms. The summed E-state index contributed by atoms with van der Waals surface area (Å²) in [5.74, 6) is 9.09. The predicted molar refractivity (Wildman–Crippen MR) is 92.7 cm³/mol. The van der Waals surface area contributed by atoms with E-state index in [0.717, 1.165) is 22.4 Å². The molecule has 2 heteroatoms. The SMILES string of the molecule is C#CCCCC(=O)N1Cc2ccccc2C#Cc2ccccc21. The van der Waals surface area contributed by atoms with Crippen molar-refractivity contribution in [3.8, 4) is 24.2 Å². The number of unbranched alkanes of at least 4 members (excludes halogenated alkanes) is 1. The fraction of sp³-hybridized carbons (Fsp3) is 0.190. The molecule has 1 amide bonds. The van der Waals surface area contributed by atoms with Gasteiger partial charge in [0.2, 0.25) is 5.91 Å². The van der Waals surface area contributed by atoms with E-state index >= 15 is 0 Å². The average Bonchev–Trinajstić information content (AvgIpc) is 2.57. The van der Waals surface area contributed by atoms with Gasteiger partial charge in [0.05, 0.1) is 12.2 Å². The summed E-state index contributed by atoms with van der Waals surface area (Å²) < 4.78 is 0. The molecule has 1 aliphatic rings. The minimum atomic E-state index is 0.0891.